The summed E-state index contributed by atoms with van der Waals surface area (Å²) < 4.78 is 7.47. The number of urea groups is 1. The van der Waals surface area contributed by atoms with Gasteiger partial charge in [-0.25, -0.2) is 4.79 Å². The average Bonchev–Trinajstić information content (AvgIpc) is 3.13. The number of hydrogen-bond donors (Lipinski definition) is 0. The molecular weight excluding hydrogens is 374 g/mol. The standard InChI is InChI=1S/C20H27N5O2S/c1-23-18(21-22-19(23)28-15-16-5-3-2-4-6-16)17-7-9-24(10-8-17)20(26)25-11-13-27-14-12-25/h2-6,17H,7-15H2,1H3. The second-order valence-electron chi connectivity index (χ2n) is 7.32. The fourth-order valence-electron chi connectivity index (χ4n) is 3.81. The number of aromatic nitrogens is 3. The van der Waals surface area contributed by atoms with E-state index in [0.29, 0.717) is 32.2 Å². The Kier molecular flexibility index (Phi) is 6.17. The summed E-state index contributed by atoms with van der Waals surface area (Å²) in [5, 5.41) is 9.83. The number of carbonyl (C=O) groups is 1. The van der Waals surface area contributed by atoms with Crippen LogP contribution in [0.15, 0.2) is 35.5 Å². The number of rotatable bonds is 4. The average molecular weight is 402 g/mol. The quantitative estimate of drug-likeness (QED) is 0.737. The number of piperidine rings is 1. The lowest BCUT2D eigenvalue weighted by Crippen LogP contribution is -2.50. The van der Waals surface area contributed by atoms with Gasteiger partial charge in [0, 0.05) is 44.9 Å². The summed E-state index contributed by atoms with van der Waals surface area (Å²) in [6, 6.07) is 10.6. The number of likely N-dealkylation sites (tertiary alicyclic amines) is 1. The van der Waals surface area contributed by atoms with Crippen LogP contribution in [0.3, 0.4) is 0 Å². The first kappa shape index (κ1) is 19.3. The second-order valence-corrected chi connectivity index (χ2v) is 8.26. The van der Waals surface area contributed by atoms with Crippen LogP contribution in [0, 0.1) is 0 Å². The van der Waals surface area contributed by atoms with Gasteiger partial charge < -0.3 is 19.1 Å². The van der Waals surface area contributed by atoms with E-state index in [1.54, 1.807) is 11.8 Å². The SMILES string of the molecule is Cn1c(SCc2ccccc2)nnc1C1CCN(C(=O)N2CCOCC2)CC1. The van der Waals surface area contributed by atoms with E-state index in [0.717, 1.165) is 42.7 Å². The Morgan fingerprint density at radius 3 is 2.46 bits per heavy atom. The van der Waals surface area contributed by atoms with Gasteiger partial charge in [-0.15, -0.1) is 10.2 Å². The van der Waals surface area contributed by atoms with E-state index >= 15 is 0 Å². The van der Waals surface area contributed by atoms with Gasteiger partial charge in [0.15, 0.2) is 5.16 Å². The Balaban J connectivity index is 1.32. The summed E-state index contributed by atoms with van der Waals surface area (Å²) in [4.78, 5) is 16.5. The first-order chi connectivity index (χ1) is 13.7. The molecule has 2 aliphatic rings. The maximum absolute atomic E-state index is 12.6. The van der Waals surface area contributed by atoms with Gasteiger partial charge in [0.25, 0.3) is 0 Å². The molecule has 2 fully saturated rings. The molecule has 0 atom stereocenters. The molecule has 8 heteroatoms. The van der Waals surface area contributed by atoms with Gasteiger partial charge in [-0.1, -0.05) is 42.1 Å². The van der Waals surface area contributed by atoms with Crippen LogP contribution in [0.25, 0.3) is 0 Å². The molecule has 0 bridgehead atoms. The van der Waals surface area contributed by atoms with Gasteiger partial charge in [-0.2, -0.15) is 0 Å². The molecule has 1 aromatic heterocycles. The number of thioether (sulfide) groups is 1. The monoisotopic (exact) mass is 401 g/mol. The second kappa shape index (κ2) is 8.96. The molecule has 2 aliphatic heterocycles. The summed E-state index contributed by atoms with van der Waals surface area (Å²) in [7, 11) is 2.05. The van der Waals surface area contributed by atoms with Crippen molar-refractivity contribution in [3.05, 3.63) is 41.7 Å². The number of nitrogens with zero attached hydrogens (tertiary/aromatic N) is 5. The number of carbonyl (C=O) groups excluding carboxylic acids is 1. The van der Waals surface area contributed by atoms with Gasteiger partial charge in [0.05, 0.1) is 13.2 Å². The highest BCUT2D eigenvalue weighted by Gasteiger charge is 2.30. The number of ether oxygens (including phenoxy) is 1. The number of hydrogen-bond acceptors (Lipinski definition) is 5. The van der Waals surface area contributed by atoms with E-state index in [-0.39, 0.29) is 6.03 Å². The Bertz CT molecular complexity index is 783. The highest BCUT2D eigenvalue weighted by atomic mass is 32.2. The zero-order chi connectivity index (χ0) is 19.3. The normalized spacial score (nSPS) is 18.5. The first-order valence-electron chi connectivity index (χ1n) is 9.90. The molecule has 150 valence electrons. The van der Waals surface area contributed by atoms with Crippen molar-refractivity contribution >= 4 is 17.8 Å². The fraction of sp³-hybridized carbons (Fsp3) is 0.550. The summed E-state index contributed by atoms with van der Waals surface area (Å²) in [5.41, 5.74) is 1.28. The van der Waals surface area contributed by atoms with Crippen molar-refractivity contribution in [3.63, 3.8) is 0 Å². The van der Waals surface area contributed by atoms with Crippen molar-refractivity contribution < 1.29 is 9.53 Å². The molecule has 28 heavy (non-hydrogen) atoms. The van der Waals surface area contributed by atoms with Gasteiger partial charge in [0.1, 0.15) is 5.82 Å². The summed E-state index contributed by atoms with van der Waals surface area (Å²) >= 11 is 1.72. The Morgan fingerprint density at radius 2 is 1.75 bits per heavy atom. The first-order valence-corrected chi connectivity index (χ1v) is 10.9. The molecule has 7 nitrogen and oxygen atoms in total. The highest BCUT2D eigenvalue weighted by Crippen LogP contribution is 2.30. The number of morpholine rings is 1. The van der Waals surface area contributed by atoms with Gasteiger partial charge in [-0.05, 0) is 18.4 Å². The molecule has 0 radical (unpaired) electrons. The Morgan fingerprint density at radius 1 is 1.07 bits per heavy atom. The maximum Gasteiger partial charge on any atom is 0.320 e. The van der Waals surface area contributed by atoms with Gasteiger partial charge in [-0.3, -0.25) is 0 Å². The van der Waals surface area contributed by atoms with Crippen LogP contribution in [0.1, 0.15) is 30.1 Å². The topological polar surface area (TPSA) is 63.5 Å². The highest BCUT2D eigenvalue weighted by molar-refractivity contribution is 7.98. The molecule has 0 spiro atoms. The molecular formula is C20H27N5O2S. The lowest BCUT2D eigenvalue weighted by Gasteiger charge is -2.36. The Labute approximate surface area is 170 Å². The zero-order valence-corrected chi connectivity index (χ0v) is 17.1. The van der Waals surface area contributed by atoms with Gasteiger partial charge >= 0.3 is 6.03 Å². The summed E-state index contributed by atoms with van der Waals surface area (Å²) in [6.45, 7) is 4.24. The maximum atomic E-state index is 12.6. The predicted octanol–water partition coefficient (Wildman–Crippen LogP) is 2.74. The fourth-order valence-corrected chi connectivity index (χ4v) is 4.69. The van der Waals surface area contributed by atoms with Crippen molar-refractivity contribution in [1.29, 1.82) is 0 Å². The third kappa shape index (κ3) is 4.33. The van der Waals surface area contributed by atoms with E-state index < -0.39 is 0 Å². The van der Waals surface area contributed by atoms with E-state index in [1.165, 1.54) is 5.56 Å². The molecule has 4 rings (SSSR count). The number of amides is 2. The van der Waals surface area contributed by atoms with Crippen molar-refractivity contribution in [2.45, 2.75) is 29.7 Å². The van der Waals surface area contributed by atoms with E-state index in [2.05, 4.69) is 39.0 Å². The molecule has 3 heterocycles. The van der Waals surface area contributed by atoms with Crippen LogP contribution >= 0.6 is 11.8 Å². The molecule has 0 saturated carbocycles. The lowest BCUT2D eigenvalue weighted by molar-refractivity contribution is 0.0410. The minimum absolute atomic E-state index is 0.152. The molecule has 2 aromatic rings. The van der Waals surface area contributed by atoms with Crippen molar-refractivity contribution in [2.24, 2.45) is 7.05 Å². The summed E-state index contributed by atoms with van der Waals surface area (Å²) in [5.74, 6) is 2.28. The van der Waals surface area contributed by atoms with Crippen LogP contribution < -0.4 is 0 Å². The van der Waals surface area contributed by atoms with E-state index in [4.69, 9.17) is 4.74 Å². The lowest BCUT2D eigenvalue weighted by atomic mass is 9.96. The van der Waals surface area contributed by atoms with Crippen molar-refractivity contribution in [1.82, 2.24) is 24.6 Å². The van der Waals surface area contributed by atoms with Crippen LogP contribution in [-0.2, 0) is 17.5 Å². The summed E-state index contributed by atoms with van der Waals surface area (Å²) in [6.07, 6.45) is 1.87. The Hall–Kier alpha value is -2.06. The zero-order valence-electron chi connectivity index (χ0n) is 16.3. The molecule has 0 aliphatic carbocycles. The number of benzene rings is 1. The van der Waals surface area contributed by atoms with Crippen LogP contribution in [0.2, 0.25) is 0 Å². The molecule has 0 unspecified atom stereocenters. The molecule has 2 saturated heterocycles. The minimum Gasteiger partial charge on any atom is -0.378 e. The van der Waals surface area contributed by atoms with Crippen molar-refractivity contribution in [2.75, 3.05) is 39.4 Å². The minimum atomic E-state index is 0.152. The third-order valence-electron chi connectivity index (χ3n) is 5.49. The molecule has 1 aromatic carbocycles. The molecule has 2 amide bonds. The van der Waals surface area contributed by atoms with E-state index in [1.807, 2.05) is 22.9 Å². The third-order valence-corrected chi connectivity index (χ3v) is 6.58. The predicted molar refractivity (Wildman–Crippen MR) is 108 cm³/mol. The van der Waals surface area contributed by atoms with Crippen molar-refractivity contribution in [3.8, 4) is 0 Å². The van der Waals surface area contributed by atoms with Crippen LogP contribution in [-0.4, -0.2) is 70.0 Å². The smallest absolute Gasteiger partial charge is 0.320 e. The largest absolute Gasteiger partial charge is 0.378 e. The van der Waals surface area contributed by atoms with Gasteiger partial charge in [0.2, 0.25) is 0 Å². The van der Waals surface area contributed by atoms with Crippen LogP contribution in [0.5, 0.6) is 0 Å². The molecule has 0 N–H and O–H groups in total. The van der Waals surface area contributed by atoms with Crippen LogP contribution in [0.4, 0.5) is 4.79 Å². The van der Waals surface area contributed by atoms with E-state index in [9.17, 15) is 4.79 Å².